The first kappa shape index (κ1) is 8.91. The molecule has 0 fully saturated rings. The number of benzene rings is 1. The number of phenols is 1. The zero-order valence-electron chi connectivity index (χ0n) is 8.41. The first-order valence-corrected chi connectivity index (χ1v) is 4.92. The number of hydrogen-bond acceptors (Lipinski definition) is 3. The fourth-order valence-electron chi connectivity index (χ4n) is 1.72. The van der Waals surface area contributed by atoms with Crippen molar-refractivity contribution in [2.24, 2.45) is 0 Å². The van der Waals surface area contributed by atoms with Gasteiger partial charge < -0.3 is 5.11 Å². The third kappa shape index (κ3) is 1.32. The standard InChI is InChI=1S/C12H9N3O/c16-10-3-2-9-4-6-13-12(11(9)8-10)15-7-1-5-14-15/h1-8,16H. The monoisotopic (exact) mass is 211 g/mol. The van der Waals surface area contributed by atoms with E-state index in [0.717, 1.165) is 16.6 Å². The van der Waals surface area contributed by atoms with Crippen molar-refractivity contribution in [1.82, 2.24) is 14.8 Å². The molecular formula is C12H9N3O. The van der Waals surface area contributed by atoms with Crippen LogP contribution >= 0.6 is 0 Å². The van der Waals surface area contributed by atoms with Crippen molar-refractivity contribution in [2.45, 2.75) is 0 Å². The number of aromatic hydroxyl groups is 1. The minimum atomic E-state index is 0.230. The summed E-state index contributed by atoms with van der Waals surface area (Å²) in [6.45, 7) is 0. The van der Waals surface area contributed by atoms with E-state index >= 15 is 0 Å². The van der Waals surface area contributed by atoms with Crippen molar-refractivity contribution >= 4 is 10.8 Å². The zero-order chi connectivity index (χ0) is 11.0. The summed E-state index contributed by atoms with van der Waals surface area (Å²) in [7, 11) is 0. The Morgan fingerprint density at radius 1 is 1.12 bits per heavy atom. The molecule has 0 aliphatic rings. The maximum Gasteiger partial charge on any atom is 0.161 e. The average molecular weight is 211 g/mol. The van der Waals surface area contributed by atoms with Crippen molar-refractivity contribution < 1.29 is 5.11 Å². The smallest absolute Gasteiger partial charge is 0.161 e. The quantitative estimate of drug-likeness (QED) is 0.670. The Labute approximate surface area is 91.8 Å². The van der Waals surface area contributed by atoms with Crippen molar-refractivity contribution in [3.8, 4) is 11.6 Å². The van der Waals surface area contributed by atoms with Gasteiger partial charge in [-0.25, -0.2) is 9.67 Å². The normalized spacial score (nSPS) is 10.8. The number of rotatable bonds is 1. The minimum Gasteiger partial charge on any atom is -0.508 e. The van der Waals surface area contributed by atoms with Gasteiger partial charge in [0.1, 0.15) is 5.75 Å². The second-order valence-corrected chi connectivity index (χ2v) is 3.49. The lowest BCUT2D eigenvalue weighted by Gasteiger charge is -2.05. The fourth-order valence-corrected chi connectivity index (χ4v) is 1.72. The van der Waals surface area contributed by atoms with Crippen molar-refractivity contribution in [2.75, 3.05) is 0 Å². The van der Waals surface area contributed by atoms with E-state index in [1.54, 1.807) is 29.2 Å². The molecule has 0 bridgehead atoms. The van der Waals surface area contributed by atoms with E-state index in [9.17, 15) is 5.11 Å². The molecule has 0 atom stereocenters. The summed E-state index contributed by atoms with van der Waals surface area (Å²) in [6, 6.07) is 8.96. The Hall–Kier alpha value is -2.36. The van der Waals surface area contributed by atoms with E-state index < -0.39 is 0 Å². The lowest BCUT2D eigenvalue weighted by Crippen LogP contribution is -1.98. The van der Waals surface area contributed by atoms with Gasteiger partial charge in [-0.05, 0) is 29.7 Å². The van der Waals surface area contributed by atoms with Crippen LogP contribution in [0.4, 0.5) is 0 Å². The van der Waals surface area contributed by atoms with Crippen LogP contribution in [0.25, 0.3) is 16.6 Å². The molecule has 0 spiro atoms. The van der Waals surface area contributed by atoms with Gasteiger partial charge in [-0.15, -0.1) is 0 Å². The predicted molar refractivity (Wildman–Crippen MR) is 60.5 cm³/mol. The van der Waals surface area contributed by atoms with Gasteiger partial charge >= 0.3 is 0 Å². The minimum absolute atomic E-state index is 0.230. The topological polar surface area (TPSA) is 50.9 Å². The first-order valence-electron chi connectivity index (χ1n) is 4.92. The third-order valence-corrected chi connectivity index (χ3v) is 2.45. The molecule has 4 heteroatoms. The molecule has 2 heterocycles. The van der Waals surface area contributed by atoms with Gasteiger partial charge in [-0.3, -0.25) is 0 Å². The Kier molecular flexibility index (Phi) is 1.86. The van der Waals surface area contributed by atoms with Crippen LogP contribution in [0.3, 0.4) is 0 Å². The van der Waals surface area contributed by atoms with Gasteiger partial charge in [0.15, 0.2) is 5.82 Å². The van der Waals surface area contributed by atoms with Crippen LogP contribution in [0.15, 0.2) is 48.9 Å². The number of pyridine rings is 1. The molecule has 0 aliphatic carbocycles. The third-order valence-electron chi connectivity index (χ3n) is 2.45. The summed E-state index contributed by atoms with van der Waals surface area (Å²) < 4.78 is 1.68. The largest absolute Gasteiger partial charge is 0.508 e. The molecule has 1 aromatic carbocycles. The molecule has 0 saturated carbocycles. The molecule has 0 aliphatic heterocycles. The summed E-state index contributed by atoms with van der Waals surface area (Å²) >= 11 is 0. The van der Waals surface area contributed by atoms with E-state index in [2.05, 4.69) is 10.1 Å². The highest BCUT2D eigenvalue weighted by Gasteiger charge is 2.05. The Morgan fingerprint density at radius 3 is 2.88 bits per heavy atom. The second kappa shape index (κ2) is 3.34. The maximum absolute atomic E-state index is 9.49. The summed E-state index contributed by atoms with van der Waals surface area (Å²) in [5.74, 6) is 0.951. The maximum atomic E-state index is 9.49. The molecule has 0 amide bonds. The molecule has 0 radical (unpaired) electrons. The molecule has 3 rings (SSSR count). The Balaban J connectivity index is 2.36. The summed E-state index contributed by atoms with van der Waals surface area (Å²) in [4.78, 5) is 4.28. The SMILES string of the molecule is Oc1ccc2ccnc(-n3cccn3)c2c1. The van der Waals surface area contributed by atoms with E-state index in [-0.39, 0.29) is 5.75 Å². The zero-order valence-corrected chi connectivity index (χ0v) is 8.41. The van der Waals surface area contributed by atoms with Crippen molar-refractivity contribution in [1.29, 1.82) is 0 Å². The Bertz CT molecular complexity index is 632. The number of phenolic OH excluding ortho intramolecular Hbond substituents is 1. The lowest BCUT2D eigenvalue weighted by atomic mass is 10.1. The number of fused-ring (bicyclic) bond motifs is 1. The number of hydrogen-bond donors (Lipinski definition) is 1. The molecular weight excluding hydrogens is 202 g/mol. The van der Waals surface area contributed by atoms with Gasteiger partial charge in [0, 0.05) is 24.0 Å². The van der Waals surface area contributed by atoms with E-state index in [4.69, 9.17) is 0 Å². The van der Waals surface area contributed by atoms with Crippen LogP contribution in [0.1, 0.15) is 0 Å². The molecule has 78 valence electrons. The highest BCUT2D eigenvalue weighted by Crippen LogP contribution is 2.23. The van der Waals surface area contributed by atoms with Gasteiger partial charge in [0.05, 0.1) is 0 Å². The average Bonchev–Trinajstić information content (AvgIpc) is 2.81. The van der Waals surface area contributed by atoms with Gasteiger partial charge in [0.25, 0.3) is 0 Å². The van der Waals surface area contributed by atoms with E-state index in [1.165, 1.54) is 0 Å². The van der Waals surface area contributed by atoms with Crippen LogP contribution in [-0.2, 0) is 0 Å². The molecule has 0 unspecified atom stereocenters. The highest BCUT2D eigenvalue weighted by molar-refractivity contribution is 5.89. The fraction of sp³-hybridized carbons (Fsp3) is 0. The summed E-state index contributed by atoms with van der Waals surface area (Å²) in [5.41, 5.74) is 0. The molecule has 1 N–H and O–H groups in total. The van der Waals surface area contributed by atoms with Gasteiger partial charge in [-0.2, -0.15) is 5.10 Å². The molecule has 0 saturated heterocycles. The predicted octanol–water partition coefficient (Wildman–Crippen LogP) is 2.13. The molecule has 2 aromatic heterocycles. The van der Waals surface area contributed by atoms with Crippen LogP contribution in [0.5, 0.6) is 5.75 Å². The number of aromatic nitrogens is 3. The first-order chi connectivity index (χ1) is 7.84. The van der Waals surface area contributed by atoms with Gasteiger partial charge in [0.2, 0.25) is 0 Å². The van der Waals surface area contributed by atoms with E-state index in [0.29, 0.717) is 0 Å². The van der Waals surface area contributed by atoms with Crippen molar-refractivity contribution in [3.05, 3.63) is 48.9 Å². The highest BCUT2D eigenvalue weighted by atomic mass is 16.3. The summed E-state index contributed by atoms with van der Waals surface area (Å²) in [6.07, 6.45) is 5.26. The molecule has 3 aromatic rings. The van der Waals surface area contributed by atoms with Crippen LogP contribution in [0, 0.1) is 0 Å². The number of nitrogens with zero attached hydrogens (tertiary/aromatic N) is 3. The molecule has 16 heavy (non-hydrogen) atoms. The second-order valence-electron chi connectivity index (χ2n) is 3.49. The molecule has 4 nitrogen and oxygen atoms in total. The Morgan fingerprint density at radius 2 is 2.06 bits per heavy atom. The van der Waals surface area contributed by atoms with Crippen molar-refractivity contribution in [3.63, 3.8) is 0 Å². The van der Waals surface area contributed by atoms with Crippen LogP contribution < -0.4 is 0 Å². The summed E-state index contributed by atoms with van der Waals surface area (Å²) in [5, 5.41) is 15.5. The lowest BCUT2D eigenvalue weighted by molar-refractivity contribution is 0.476. The van der Waals surface area contributed by atoms with Crippen LogP contribution in [-0.4, -0.2) is 19.9 Å². The van der Waals surface area contributed by atoms with Crippen LogP contribution in [0.2, 0.25) is 0 Å². The van der Waals surface area contributed by atoms with Gasteiger partial charge in [-0.1, -0.05) is 6.07 Å². The van der Waals surface area contributed by atoms with E-state index in [1.807, 2.05) is 24.4 Å².